The average Bonchev–Trinajstić information content (AvgIpc) is 1.06. The summed E-state index contributed by atoms with van der Waals surface area (Å²) >= 11 is 2.63. The highest BCUT2D eigenvalue weighted by Crippen LogP contribution is 2.43. The largest absolute Gasteiger partial charge is 0.543 e. The number of carbonyl (C=O) groups is 10. The molecule has 4 unspecified atom stereocenters. The molecule has 35 heteroatoms. The van der Waals surface area contributed by atoms with E-state index in [1.807, 2.05) is 17.1 Å². The van der Waals surface area contributed by atoms with E-state index in [1.54, 1.807) is 153 Å². The van der Waals surface area contributed by atoms with Gasteiger partial charge in [0.15, 0.2) is 42.7 Å². The van der Waals surface area contributed by atoms with Gasteiger partial charge in [0.1, 0.15) is 77.7 Å². The molecule has 4 atom stereocenters. The molecular weight excluding hydrogens is 1360 g/mol. The second-order valence-corrected chi connectivity index (χ2v) is 26.5. The summed E-state index contributed by atoms with van der Waals surface area (Å²) < 4.78 is 23.2. The molecular formula is C66H72F2N14O17S2. The summed E-state index contributed by atoms with van der Waals surface area (Å²) in [5.74, 6) is -6.38. The van der Waals surface area contributed by atoms with Gasteiger partial charge >= 0.3 is 17.9 Å². The van der Waals surface area contributed by atoms with Gasteiger partial charge < -0.3 is 59.0 Å². The molecule has 534 valence electrons. The van der Waals surface area contributed by atoms with Crippen molar-refractivity contribution in [2.75, 3.05) is 39.4 Å². The van der Waals surface area contributed by atoms with E-state index >= 15 is 0 Å². The number of hydrogen-bond acceptors (Lipinski definition) is 25. The Balaban J connectivity index is 0.000000317. The van der Waals surface area contributed by atoms with Crippen LogP contribution in [0.3, 0.4) is 0 Å². The maximum atomic E-state index is 13.8. The van der Waals surface area contributed by atoms with Crippen molar-refractivity contribution in [3.8, 4) is 29.3 Å². The second kappa shape index (κ2) is 33.9. The van der Waals surface area contributed by atoms with Gasteiger partial charge in [0.25, 0.3) is 35.4 Å². The second-order valence-electron chi connectivity index (χ2n) is 24.3. The zero-order valence-electron chi connectivity index (χ0n) is 56.4. The van der Waals surface area contributed by atoms with Gasteiger partial charge in [0, 0.05) is 71.7 Å². The maximum absolute atomic E-state index is 13.8. The third-order valence-electron chi connectivity index (χ3n) is 15.1. The lowest BCUT2D eigenvalue weighted by Crippen LogP contribution is -2.71. The predicted molar refractivity (Wildman–Crippen MR) is 358 cm³/mol. The molecule has 0 radical (unpaired) electrons. The molecule has 0 bridgehead atoms. The molecule has 2 aromatic heterocycles. The van der Waals surface area contributed by atoms with E-state index in [0.29, 0.717) is 44.9 Å². The van der Waals surface area contributed by atoms with Crippen LogP contribution in [-0.4, -0.2) is 170 Å². The number of aliphatic imine (C=N–C) groups is 1. The van der Waals surface area contributed by atoms with Crippen molar-refractivity contribution in [2.45, 2.75) is 115 Å². The fourth-order valence-electron chi connectivity index (χ4n) is 10.7. The van der Waals surface area contributed by atoms with E-state index in [2.05, 4.69) is 41.6 Å². The first kappa shape index (κ1) is 78.5. The number of H-pyrrole nitrogens is 1. The number of hydrogen-bond donors (Lipinski definition) is 5. The van der Waals surface area contributed by atoms with E-state index in [0.717, 1.165) is 21.6 Å². The first-order valence-corrected chi connectivity index (χ1v) is 32.4. The van der Waals surface area contributed by atoms with Crippen LogP contribution >= 0.6 is 23.5 Å². The van der Waals surface area contributed by atoms with Gasteiger partial charge in [-0.15, -0.1) is 23.5 Å². The normalized spacial score (nSPS) is 18.3. The highest BCUT2D eigenvalue weighted by molar-refractivity contribution is 8.00. The van der Waals surface area contributed by atoms with Crippen LogP contribution in [-0.2, 0) is 80.2 Å². The fourth-order valence-corrected chi connectivity index (χ4v) is 13.4. The molecule has 6 aliphatic heterocycles. The molecule has 31 nitrogen and oxygen atoms in total. The Kier molecular flexibility index (Phi) is 26.3. The van der Waals surface area contributed by atoms with Crippen LogP contribution in [0.25, 0.3) is 11.1 Å². The number of rotatable bonds is 22. The Morgan fingerprint density at radius 3 is 1.75 bits per heavy atom. The van der Waals surface area contributed by atoms with E-state index in [4.69, 9.17) is 39.1 Å². The van der Waals surface area contributed by atoms with Gasteiger partial charge in [0.2, 0.25) is 0 Å². The molecule has 1 aromatic carbocycles. The van der Waals surface area contributed by atoms with Crippen LogP contribution in [0.4, 0.5) is 9.41 Å². The van der Waals surface area contributed by atoms with Gasteiger partial charge in [-0.3, -0.25) is 73.2 Å². The van der Waals surface area contributed by atoms with Crippen molar-refractivity contribution < 1.29 is 95.7 Å². The Labute approximate surface area is 585 Å². The molecule has 101 heavy (non-hydrogen) atoms. The summed E-state index contributed by atoms with van der Waals surface area (Å²) in [6.07, 6.45) is 16.2. The Morgan fingerprint density at radius 1 is 0.743 bits per heavy atom. The summed E-state index contributed by atoms with van der Waals surface area (Å²) in [5, 5.41) is 45.0. The van der Waals surface area contributed by atoms with E-state index in [-0.39, 0.29) is 69.1 Å². The quantitative estimate of drug-likeness (QED) is 0.0141. The number of carboxylic acids is 1. The molecule has 2 saturated heterocycles. The van der Waals surface area contributed by atoms with Gasteiger partial charge in [-0.25, -0.2) is 9.36 Å². The Morgan fingerprint density at radius 2 is 1.26 bits per heavy atom. The standard InChI is InChI=1S/C37H39N7O9S.C29H31N7O8S.2FH/c1-21-26(16-39-29(21)33(47)40-20-38)23-11-13-43(14-12-23)17-24-19-54-35-30(41-32(46)27(42-51-6)15-28(45)53-37(2,3)4)34(48)44(35)31(24)36(49)52-18-22-7-9-25(50-5)10-8-22;1-15-18(11-31-21(15)25(39)32-14-30)16-6-8-35(9-7-16)12-17-13-45-27-22(26(40)36(27)23(17)28(41)42)33-24(38)19(34-43-5)10-20(37)44-29(2,3)4;;/h7-14,16,30,35H,15,17-19H2,1-6H3,(H,40,47)(H,41,46);6-9,11,22,27H,10,12-13H2,1-5H3,(H3,32,33,38,39,41,42);2*1H/b42-27+;;;. The number of aromatic amines is 1. The van der Waals surface area contributed by atoms with Crippen molar-refractivity contribution >= 4 is 100 Å². The summed E-state index contributed by atoms with van der Waals surface area (Å²) in [5.41, 5.74) is 4.12. The highest BCUT2D eigenvalue weighted by atomic mass is 32.2. The molecule has 9 rings (SSSR count). The minimum atomic E-state index is -1.52. The topological polar surface area (TPSA) is 411 Å². The summed E-state index contributed by atoms with van der Waals surface area (Å²) in [4.78, 5) is 149. The number of carboxylic acid groups (broad SMARTS) is 1. The monoisotopic (exact) mass is 1430 g/mol. The molecule has 8 heterocycles. The van der Waals surface area contributed by atoms with Crippen LogP contribution in [0.5, 0.6) is 5.75 Å². The first-order valence-electron chi connectivity index (χ1n) is 30.3. The van der Waals surface area contributed by atoms with E-state index < -0.39 is 106 Å². The third-order valence-corrected chi connectivity index (χ3v) is 17.8. The number of esters is 3. The molecule has 5 N–H and O–H groups in total. The van der Waals surface area contributed by atoms with E-state index in [9.17, 15) is 53.1 Å². The lowest BCUT2D eigenvalue weighted by Gasteiger charge is -2.50. The van der Waals surface area contributed by atoms with Crippen molar-refractivity contribution in [1.82, 2.24) is 41.0 Å². The smallest absolute Gasteiger partial charge is 0.355 e. The lowest BCUT2D eigenvalue weighted by molar-refractivity contribution is -0.689. The zero-order valence-corrected chi connectivity index (χ0v) is 58.1. The highest BCUT2D eigenvalue weighted by Gasteiger charge is 2.56. The number of methoxy groups -OCH3 is 1. The number of carbonyl (C=O) groups excluding carboxylic acids is 10. The van der Waals surface area contributed by atoms with Gasteiger partial charge in [-0.1, -0.05) is 22.4 Å². The minimum Gasteiger partial charge on any atom is -0.543 e. The number of aliphatic carboxylic acids is 1. The SMILES string of the molecule is CO/N=C(\CC(=O)OC(C)(C)C)C(=O)NC1C(=O)N2C(C(=O)OCc3ccc(OC)cc3)=C(CN3C=CC(=C4C=NC(C(=O)NC#N)=C4C)C=C3)CSC12.CON=C(CC(=O)OC(C)(C)C)C(=O)NC1C(=O)N2C(C(=O)[O-])=C(C[n+]3ccc(-c4c[nH]c(C(=O)NC#N)c4C)cc3)CSC12.F.F. The minimum absolute atomic E-state index is 0. The fraction of sp³-hybridized carbons (Fsp3) is 0.364. The summed E-state index contributed by atoms with van der Waals surface area (Å²) in [7, 11) is 3.98. The van der Waals surface area contributed by atoms with Gasteiger partial charge in [0.05, 0.1) is 31.6 Å². The Hall–Kier alpha value is -11.5. The molecule has 6 aliphatic rings. The number of aromatic nitrogens is 2. The number of amides is 6. The van der Waals surface area contributed by atoms with Gasteiger partial charge in [-0.2, -0.15) is 10.5 Å². The number of ether oxygens (including phenoxy) is 4. The van der Waals surface area contributed by atoms with Crippen molar-refractivity contribution in [3.63, 3.8) is 0 Å². The summed E-state index contributed by atoms with van der Waals surface area (Å²) in [6, 6.07) is 8.50. The van der Waals surface area contributed by atoms with Gasteiger partial charge in [-0.05, 0) is 113 Å². The van der Waals surface area contributed by atoms with Crippen LogP contribution in [0, 0.1) is 29.8 Å². The molecule has 6 amide bonds. The van der Waals surface area contributed by atoms with Crippen molar-refractivity contribution in [3.05, 3.63) is 141 Å². The molecule has 0 spiro atoms. The predicted octanol–water partition coefficient (Wildman–Crippen LogP) is 2.65. The number of thioether (sulfide) groups is 2. The maximum Gasteiger partial charge on any atom is 0.355 e. The summed E-state index contributed by atoms with van der Waals surface area (Å²) in [6.45, 7) is 13.9. The number of allylic oxidation sites excluding steroid dienone is 5. The lowest BCUT2D eigenvalue weighted by atomic mass is 10.00. The number of nitriles is 2. The van der Waals surface area contributed by atoms with Crippen molar-refractivity contribution in [1.29, 1.82) is 10.5 Å². The molecule has 0 aliphatic carbocycles. The third kappa shape index (κ3) is 18.9. The number of fused-ring (bicyclic) bond motifs is 2. The van der Waals surface area contributed by atoms with Crippen molar-refractivity contribution in [2.24, 2.45) is 15.3 Å². The number of benzene rings is 1. The average molecular weight is 1440 g/mol. The van der Waals surface area contributed by atoms with Crippen LogP contribution in [0.15, 0.2) is 140 Å². The number of oxime groups is 2. The molecule has 2 fully saturated rings. The molecule has 3 aromatic rings. The zero-order chi connectivity index (χ0) is 72.2. The van der Waals surface area contributed by atoms with Crippen LogP contribution < -0.4 is 35.7 Å². The first-order chi connectivity index (χ1) is 47.0. The number of pyridine rings is 1. The molecule has 0 saturated carbocycles. The number of nitrogens with one attached hydrogen (secondary N) is 5. The number of nitrogens with zero attached hydrogens (tertiary/aromatic N) is 9. The van der Waals surface area contributed by atoms with Crippen LogP contribution in [0.1, 0.15) is 82.9 Å². The number of β-lactam (4-membered cyclic amide) rings is 2. The Bertz CT molecular complexity index is 4170. The van der Waals surface area contributed by atoms with Crippen LogP contribution in [0.2, 0.25) is 0 Å². The number of halogens is 2. The van der Waals surface area contributed by atoms with E-state index in [1.165, 1.54) is 42.6 Å².